The van der Waals surface area contributed by atoms with Gasteiger partial charge in [0, 0.05) is 24.6 Å². The van der Waals surface area contributed by atoms with Crippen LogP contribution in [0.5, 0.6) is 0 Å². The third-order valence-corrected chi connectivity index (χ3v) is 3.17. The SMILES string of the molecule is Cc1ccccc1C(=O)N(C)SC(Cl)(Cl)Cl. The maximum atomic E-state index is 12.0. The number of hydrogen-bond donors (Lipinski definition) is 0. The molecular formula is C10H10Cl3NOS. The van der Waals surface area contributed by atoms with Crippen LogP contribution in [0.2, 0.25) is 0 Å². The zero-order chi connectivity index (χ0) is 12.3. The molecule has 0 saturated carbocycles. The molecule has 0 fully saturated rings. The maximum absolute atomic E-state index is 12.0. The Morgan fingerprint density at radius 2 is 1.88 bits per heavy atom. The molecule has 0 unspecified atom stereocenters. The summed E-state index contributed by atoms with van der Waals surface area (Å²) in [5, 5.41) is 0. The first-order valence-corrected chi connectivity index (χ1v) is 6.31. The van der Waals surface area contributed by atoms with Gasteiger partial charge in [-0.25, -0.2) is 0 Å². The average Bonchev–Trinajstić information content (AvgIpc) is 2.15. The Bertz CT molecular complexity index is 392. The van der Waals surface area contributed by atoms with Crippen LogP contribution in [0.15, 0.2) is 24.3 Å². The summed E-state index contributed by atoms with van der Waals surface area (Å²) in [6.07, 6.45) is 0. The molecule has 16 heavy (non-hydrogen) atoms. The normalized spacial score (nSPS) is 11.3. The molecule has 1 rings (SSSR count). The lowest BCUT2D eigenvalue weighted by Gasteiger charge is -2.20. The number of aryl methyl sites for hydroxylation is 1. The molecule has 88 valence electrons. The van der Waals surface area contributed by atoms with Crippen molar-refractivity contribution in [1.29, 1.82) is 0 Å². The van der Waals surface area contributed by atoms with Crippen LogP contribution in [0, 0.1) is 6.92 Å². The lowest BCUT2D eigenvalue weighted by atomic mass is 10.1. The third kappa shape index (κ3) is 4.06. The van der Waals surface area contributed by atoms with Crippen LogP contribution in [0.4, 0.5) is 0 Å². The number of hydrogen-bond acceptors (Lipinski definition) is 2. The van der Waals surface area contributed by atoms with Crippen LogP contribution in [-0.2, 0) is 0 Å². The topological polar surface area (TPSA) is 20.3 Å². The van der Waals surface area contributed by atoms with Crippen molar-refractivity contribution < 1.29 is 4.79 Å². The van der Waals surface area contributed by atoms with Gasteiger partial charge in [-0.3, -0.25) is 9.10 Å². The largest absolute Gasteiger partial charge is 0.282 e. The van der Waals surface area contributed by atoms with E-state index >= 15 is 0 Å². The first-order valence-electron chi connectivity index (χ1n) is 4.41. The van der Waals surface area contributed by atoms with E-state index in [4.69, 9.17) is 34.8 Å². The highest BCUT2D eigenvalue weighted by atomic mass is 35.6. The van der Waals surface area contributed by atoms with Gasteiger partial charge in [-0.1, -0.05) is 53.0 Å². The highest BCUT2D eigenvalue weighted by Gasteiger charge is 2.27. The molecule has 1 aromatic rings. The predicted molar refractivity (Wildman–Crippen MR) is 71.2 cm³/mol. The monoisotopic (exact) mass is 297 g/mol. The smallest absolute Gasteiger partial charge is 0.263 e. The molecular weight excluding hydrogens is 289 g/mol. The lowest BCUT2D eigenvalue weighted by Crippen LogP contribution is -2.23. The number of halogens is 3. The number of alkyl halides is 3. The van der Waals surface area contributed by atoms with Crippen LogP contribution < -0.4 is 0 Å². The molecule has 0 bridgehead atoms. The molecule has 0 atom stereocenters. The van der Waals surface area contributed by atoms with Gasteiger partial charge in [-0.05, 0) is 18.6 Å². The molecule has 0 aliphatic heterocycles. The minimum Gasteiger partial charge on any atom is -0.282 e. The first-order chi connectivity index (χ1) is 7.31. The molecule has 0 radical (unpaired) electrons. The molecule has 1 amide bonds. The molecule has 0 N–H and O–H groups in total. The minimum atomic E-state index is -1.53. The quantitative estimate of drug-likeness (QED) is 0.606. The van der Waals surface area contributed by atoms with Crippen LogP contribution in [0.1, 0.15) is 15.9 Å². The first kappa shape index (κ1) is 14.0. The summed E-state index contributed by atoms with van der Waals surface area (Å²) < 4.78 is -0.220. The second-order valence-electron chi connectivity index (χ2n) is 3.15. The Hall–Kier alpha value is -0.0900. The Labute approximate surface area is 114 Å². The van der Waals surface area contributed by atoms with Gasteiger partial charge in [-0.2, -0.15) is 0 Å². The fourth-order valence-corrected chi connectivity index (χ4v) is 2.60. The Morgan fingerprint density at radius 1 is 1.31 bits per heavy atom. The summed E-state index contributed by atoms with van der Waals surface area (Å²) in [6.45, 7) is 1.86. The van der Waals surface area contributed by atoms with E-state index in [1.54, 1.807) is 19.2 Å². The van der Waals surface area contributed by atoms with Crippen molar-refractivity contribution in [3.63, 3.8) is 0 Å². The van der Waals surface area contributed by atoms with Crippen molar-refractivity contribution >= 4 is 52.7 Å². The lowest BCUT2D eigenvalue weighted by molar-refractivity contribution is 0.0891. The molecule has 0 aliphatic carbocycles. The van der Waals surface area contributed by atoms with Gasteiger partial charge in [0.25, 0.3) is 9.03 Å². The molecule has 0 heterocycles. The Balaban J connectivity index is 2.83. The summed E-state index contributed by atoms with van der Waals surface area (Å²) in [6, 6.07) is 7.27. The van der Waals surface area contributed by atoms with Crippen molar-refractivity contribution in [2.24, 2.45) is 0 Å². The third-order valence-electron chi connectivity index (χ3n) is 1.90. The van der Waals surface area contributed by atoms with Crippen molar-refractivity contribution in [3.05, 3.63) is 35.4 Å². The summed E-state index contributed by atoms with van der Waals surface area (Å²) in [5.74, 6) is -0.186. The summed E-state index contributed by atoms with van der Waals surface area (Å²) >= 11 is 17.6. The van der Waals surface area contributed by atoms with E-state index < -0.39 is 3.12 Å². The van der Waals surface area contributed by atoms with E-state index in [9.17, 15) is 4.79 Å². The summed E-state index contributed by atoms with van der Waals surface area (Å²) in [5.41, 5.74) is 1.50. The Kier molecular flexibility index (Phi) is 4.80. The molecule has 0 spiro atoms. The average molecular weight is 299 g/mol. The minimum absolute atomic E-state index is 0.186. The van der Waals surface area contributed by atoms with Crippen molar-refractivity contribution in [3.8, 4) is 0 Å². The van der Waals surface area contributed by atoms with Crippen molar-refractivity contribution in [2.75, 3.05) is 7.05 Å². The van der Waals surface area contributed by atoms with E-state index in [1.165, 1.54) is 4.31 Å². The zero-order valence-corrected chi connectivity index (χ0v) is 11.8. The van der Waals surface area contributed by atoms with Crippen LogP contribution in [-0.4, -0.2) is 20.4 Å². The molecule has 6 heteroatoms. The molecule has 0 aromatic heterocycles. The summed E-state index contributed by atoms with van der Waals surface area (Å²) in [4.78, 5) is 12.0. The molecule has 2 nitrogen and oxygen atoms in total. The zero-order valence-electron chi connectivity index (χ0n) is 8.71. The highest BCUT2D eigenvalue weighted by Crippen LogP contribution is 2.40. The van der Waals surface area contributed by atoms with E-state index in [2.05, 4.69) is 0 Å². The number of benzene rings is 1. The molecule has 1 aromatic carbocycles. The van der Waals surface area contributed by atoms with Gasteiger partial charge in [0.1, 0.15) is 0 Å². The molecule has 0 saturated heterocycles. The van der Waals surface area contributed by atoms with Crippen LogP contribution in [0.3, 0.4) is 0 Å². The maximum Gasteiger partial charge on any atom is 0.263 e. The number of carbonyl (C=O) groups is 1. The van der Waals surface area contributed by atoms with Crippen LogP contribution >= 0.6 is 46.8 Å². The van der Waals surface area contributed by atoms with E-state index in [-0.39, 0.29) is 5.91 Å². The van der Waals surface area contributed by atoms with E-state index in [1.807, 2.05) is 19.1 Å². The van der Waals surface area contributed by atoms with E-state index in [0.29, 0.717) is 5.56 Å². The number of rotatable bonds is 2. The second kappa shape index (κ2) is 5.50. The number of carbonyl (C=O) groups excluding carboxylic acids is 1. The predicted octanol–water partition coefficient (Wildman–Crippen LogP) is 4.04. The fourth-order valence-electron chi connectivity index (χ4n) is 1.18. The van der Waals surface area contributed by atoms with Crippen molar-refractivity contribution in [1.82, 2.24) is 4.31 Å². The molecule has 0 aliphatic rings. The summed E-state index contributed by atoms with van der Waals surface area (Å²) in [7, 11) is 1.57. The van der Waals surface area contributed by atoms with Gasteiger partial charge in [-0.15, -0.1) is 0 Å². The van der Waals surface area contributed by atoms with Crippen LogP contribution in [0.25, 0.3) is 0 Å². The van der Waals surface area contributed by atoms with Gasteiger partial charge in [0.2, 0.25) is 0 Å². The number of amides is 1. The van der Waals surface area contributed by atoms with Gasteiger partial charge < -0.3 is 0 Å². The van der Waals surface area contributed by atoms with E-state index in [0.717, 1.165) is 17.5 Å². The van der Waals surface area contributed by atoms with Gasteiger partial charge in [0.15, 0.2) is 0 Å². The number of nitrogens with zero attached hydrogens (tertiary/aromatic N) is 1. The highest BCUT2D eigenvalue weighted by molar-refractivity contribution is 8.03. The van der Waals surface area contributed by atoms with Crippen molar-refractivity contribution in [2.45, 2.75) is 10.0 Å². The van der Waals surface area contributed by atoms with Gasteiger partial charge in [0.05, 0.1) is 0 Å². The Morgan fingerprint density at radius 3 is 2.38 bits per heavy atom. The fraction of sp³-hybridized carbons (Fsp3) is 0.300. The standard InChI is InChI=1S/C10H10Cl3NOS/c1-7-5-3-4-6-8(7)9(15)14(2)16-10(11,12)13/h3-6H,1-2H3. The van der Waals surface area contributed by atoms with Gasteiger partial charge >= 0.3 is 0 Å². The second-order valence-corrected chi connectivity index (χ2v) is 7.45.